The summed E-state index contributed by atoms with van der Waals surface area (Å²) in [4.78, 5) is 25.3. The molecule has 2 aromatic rings. The Morgan fingerprint density at radius 2 is 2.00 bits per heavy atom. The molecule has 1 aromatic heterocycles. The fraction of sp³-hybridized carbons (Fsp3) is 0.409. The smallest absolute Gasteiger partial charge is 0.407 e. The van der Waals surface area contributed by atoms with E-state index in [0.29, 0.717) is 5.69 Å². The summed E-state index contributed by atoms with van der Waals surface area (Å²) in [6, 6.07) is 8.29. The molecule has 3 atom stereocenters. The molecule has 0 aliphatic carbocycles. The van der Waals surface area contributed by atoms with E-state index >= 15 is 0 Å². The first-order chi connectivity index (χ1) is 15.6. The van der Waals surface area contributed by atoms with Crippen LogP contribution in [0.5, 0.6) is 0 Å². The van der Waals surface area contributed by atoms with Gasteiger partial charge in [0, 0.05) is 18.4 Å². The van der Waals surface area contributed by atoms with E-state index in [-0.39, 0.29) is 30.8 Å². The molecule has 1 aliphatic rings. The van der Waals surface area contributed by atoms with Crippen LogP contribution in [0.25, 0.3) is 0 Å². The van der Waals surface area contributed by atoms with Crippen LogP contribution in [0.3, 0.4) is 0 Å². The highest BCUT2D eigenvalue weighted by atomic mass is 19.1. The Balaban J connectivity index is 2.08. The number of benzene rings is 1. The van der Waals surface area contributed by atoms with E-state index in [1.165, 1.54) is 40.0 Å². The summed E-state index contributed by atoms with van der Waals surface area (Å²) < 4.78 is 14.6. The van der Waals surface area contributed by atoms with Crippen LogP contribution in [-0.4, -0.2) is 44.4 Å². The summed E-state index contributed by atoms with van der Waals surface area (Å²) in [5.74, 6) is -1.73. The number of hydrogen-bond acceptors (Lipinski definition) is 6. The number of carboxylic acid groups (broad SMARTS) is 1. The first-order valence-electron chi connectivity index (χ1n) is 10.3. The third-order valence-electron chi connectivity index (χ3n) is 5.73. The number of nitriles is 2. The fourth-order valence-electron chi connectivity index (χ4n) is 4.09. The summed E-state index contributed by atoms with van der Waals surface area (Å²) in [6.45, 7) is 3.53. The van der Waals surface area contributed by atoms with Gasteiger partial charge in [0.1, 0.15) is 11.4 Å². The van der Waals surface area contributed by atoms with Gasteiger partial charge in [0.05, 0.1) is 35.6 Å². The second-order valence-electron chi connectivity index (χ2n) is 8.63. The Bertz CT molecular complexity index is 1130. The van der Waals surface area contributed by atoms with Crippen LogP contribution >= 0.6 is 0 Å². The molecular formula is C22H24FN7O3. The number of nitrogens with two attached hydrogens (primary N) is 1. The Labute approximate surface area is 190 Å². The van der Waals surface area contributed by atoms with E-state index in [0.717, 1.165) is 0 Å². The van der Waals surface area contributed by atoms with Crippen molar-refractivity contribution in [3.8, 4) is 12.1 Å². The van der Waals surface area contributed by atoms with Crippen LogP contribution in [0.2, 0.25) is 0 Å². The van der Waals surface area contributed by atoms with Gasteiger partial charge in [0.2, 0.25) is 0 Å². The fourth-order valence-corrected chi connectivity index (χ4v) is 4.09. The Kier molecular flexibility index (Phi) is 6.54. The lowest BCUT2D eigenvalue weighted by Gasteiger charge is -2.43. The molecule has 0 bridgehead atoms. The number of likely N-dealkylation sites (tertiary alicyclic amines) is 1. The average molecular weight is 453 g/mol. The molecule has 0 saturated carbocycles. The number of aromatic nitrogens is 2. The number of anilines is 2. The van der Waals surface area contributed by atoms with Crippen molar-refractivity contribution in [2.24, 2.45) is 17.1 Å². The quantitative estimate of drug-likeness (QED) is 0.605. The number of piperidine rings is 1. The van der Waals surface area contributed by atoms with Crippen LogP contribution in [0.1, 0.15) is 43.1 Å². The van der Waals surface area contributed by atoms with Crippen LogP contribution in [-0.2, 0) is 0 Å². The minimum absolute atomic E-state index is 0.0294. The van der Waals surface area contributed by atoms with Gasteiger partial charge in [-0.3, -0.25) is 9.48 Å². The van der Waals surface area contributed by atoms with Crippen molar-refractivity contribution < 1.29 is 19.1 Å². The number of primary amides is 1. The summed E-state index contributed by atoms with van der Waals surface area (Å²) in [7, 11) is 0. The number of nitrogens with zero attached hydrogens (tertiary/aromatic N) is 5. The zero-order valence-corrected chi connectivity index (χ0v) is 18.2. The summed E-state index contributed by atoms with van der Waals surface area (Å²) in [6.07, 6.45) is 0.636. The molecule has 172 valence electrons. The lowest BCUT2D eigenvalue weighted by molar-refractivity contribution is 0.0463. The van der Waals surface area contributed by atoms with Crippen LogP contribution in [0.4, 0.5) is 20.7 Å². The molecule has 3 unspecified atom stereocenters. The second-order valence-corrected chi connectivity index (χ2v) is 8.63. The Morgan fingerprint density at radius 3 is 2.55 bits per heavy atom. The molecule has 3 rings (SSSR count). The first kappa shape index (κ1) is 23.5. The maximum absolute atomic E-state index is 13.2. The van der Waals surface area contributed by atoms with Crippen molar-refractivity contribution in [2.75, 3.05) is 11.9 Å². The molecule has 1 aromatic carbocycles. The first-order valence-corrected chi connectivity index (χ1v) is 10.3. The monoisotopic (exact) mass is 453 g/mol. The van der Waals surface area contributed by atoms with Gasteiger partial charge in [0.15, 0.2) is 5.82 Å². The molecule has 1 saturated heterocycles. The molecule has 1 fully saturated rings. The third kappa shape index (κ3) is 5.04. The number of carbonyl (C=O) groups excluding carboxylic acids is 1. The second kappa shape index (κ2) is 9.17. The van der Waals surface area contributed by atoms with Crippen molar-refractivity contribution in [3.63, 3.8) is 0 Å². The zero-order chi connectivity index (χ0) is 24.3. The normalized spacial score (nSPS) is 20.5. The molecule has 33 heavy (non-hydrogen) atoms. The van der Waals surface area contributed by atoms with E-state index in [1.54, 1.807) is 13.8 Å². The molecular weight excluding hydrogens is 429 g/mol. The zero-order valence-electron chi connectivity index (χ0n) is 18.2. The van der Waals surface area contributed by atoms with Crippen LogP contribution in [0.15, 0.2) is 30.5 Å². The largest absolute Gasteiger partial charge is 0.465 e. The maximum atomic E-state index is 13.2. The highest BCUT2D eigenvalue weighted by Crippen LogP contribution is 2.39. The predicted molar refractivity (Wildman–Crippen MR) is 116 cm³/mol. The standard InChI is InChI=1S/C22H24FN7O3/c1-22(2,12-25)9-17-18(13(10-24)7-8-29(17)21(32)33)30-11-16(19(26)31)20(28-30)27-15-5-3-14(23)4-6-15/h3-6,11,13,17-18H,7-9H2,1-2H3,(H2,26,31)(H,27,28)(H,32,33). The van der Waals surface area contributed by atoms with Gasteiger partial charge in [-0.15, -0.1) is 0 Å². The number of carbonyl (C=O) groups is 2. The minimum Gasteiger partial charge on any atom is -0.465 e. The molecule has 2 heterocycles. The number of nitrogens with one attached hydrogen (secondary N) is 1. The van der Waals surface area contributed by atoms with Crippen LogP contribution in [0, 0.1) is 39.8 Å². The molecule has 4 N–H and O–H groups in total. The average Bonchev–Trinajstić information content (AvgIpc) is 3.18. The topological polar surface area (TPSA) is 161 Å². The van der Waals surface area contributed by atoms with Crippen molar-refractivity contribution in [3.05, 3.63) is 41.8 Å². The van der Waals surface area contributed by atoms with Gasteiger partial charge in [-0.25, -0.2) is 9.18 Å². The van der Waals surface area contributed by atoms with Crippen LogP contribution < -0.4 is 11.1 Å². The lowest BCUT2D eigenvalue weighted by Crippen LogP contribution is -2.53. The third-order valence-corrected chi connectivity index (χ3v) is 5.73. The summed E-state index contributed by atoms with van der Waals surface area (Å²) >= 11 is 0. The Morgan fingerprint density at radius 1 is 1.33 bits per heavy atom. The van der Waals surface area contributed by atoms with E-state index in [1.807, 2.05) is 0 Å². The van der Waals surface area contributed by atoms with Crippen molar-refractivity contribution in [1.82, 2.24) is 14.7 Å². The molecule has 10 nitrogen and oxygen atoms in total. The Hall–Kier alpha value is -4.12. The predicted octanol–water partition coefficient (Wildman–Crippen LogP) is 3.24. The van der Waals surface area contributed by atoms with E-state index in [2.05, 4.69) is 22.6 Å². The van der Waals surface area contributed by atoms with E-state index in [4.69, 9.17) is 5.73 Å². The van der Waals surface area contributed by atoms with Gasteiger partial charge in [-0.2, -0.15) is 15.6 Å². The maximum Gasteiger partial charge on any atom is 0.407 e. The van der Waals surface area contributed by atoms with Gasteiger partial charge in [-0.05, 0) is 51.0 Å². The molecule has 1 aliphatic heterocycles. The molecule has 0 radical (unpaired) electrons. The minimum atomic E-state index is -1.16. The van der Waals surface area contributed by atoms with Crippen molar-refractivity contribution >= 4 is 23.5 Å². The summed E-state index contributed by atoms with van der Waals surface area (Å²) in [5.41, 5.74) is 5.15. The highest BCUT2D eigenvalue weighted by Gasteiger charge is 2.45. The van der Waals surface area contributed by atoms with E-state index < -0.39 is 41.2 Å². The van der Waals surface area contributed by atoms with Gasteiger partial charge >= 0.3 is 6.09 Å². The van der Waals surface area contributed by atoms with Crippen molar-refractivity contribution in [1.29, 1.82) is 10.5 Å². The van der Waals surface area contributed by atoms with Gasteiger partial charge in [-0.1, -0.05) is 0 Å². The number of amides is 2. The number of rotatable bonds is 6. The SMILES string of the molecule is CC(C)(C#N)CC1C(n2cc(C(N)=O)c(Nc3ccc(F)cc3)n2)C(C#N)CCN1C(=O)O. The van der Waals surface area contributed by atoms with Gasteiger partial charge < -0.3 is 21.1 Å². The molecule has 11 heteroatoms. The summed E-state index contributed by atoms with van der Waals surface area (Å²) in [5, 5.41) is 36.5. The van der Waals surface area contributed by atoms with E-state index in [9.17, 15) is 29.6 Å². The number of hydrogen-bond donors (Lipinski definition) is 3. The van der Waals surface area contributed by atoms with Gasteiger partial charge in [0.25, 0.3) is 5.91 Å². The molecule has 0 spiro atoms. The highest BCUT2D eigenvalue weighted by molar-refractivity contribution is 5.98. The molecule has 2 amide bonds. The lowest BCUT2D eigenvalue weighted by atomic mass is 9.78. The number of halogens is 1. The van der Waals surface area contributed by atoms with Crippen molar-refractivity contribution in [2.45, 2.75) is 38.8 Å².